The van der Waals surface area contributed by atoms with E-state index in [2.05, 4.69) is 30.9 Å². The van der Waals surface area contributed by atoms with Gasteiger partial charge in [0, 0.05) is 24.1 Å². The Kier molecular flexibility index (Phi) is 10.1. The van der Waals surface area contributed by atoms with Crippen LogP contribution in [0.15, 0.2) is 16.6 Å². The summed E-state index contributed by atoms with van der Waals surface area (Å²) in [5.74, 6) is -3.27. The van der Waals surface area contributed by atoms with Gasteiger partial charge >= 0.3 is 6.03 Å². The normalized spacial score (nSPS) is 11.6. The van der Waals surface area contributed by atoms with E-state index in [1.54, 1.807) is 4.90 Å². The molecule has 5 N–H and O–H groups in total. The predicted molar refractivity (Wildman–Crippen MR) is 125 cm³/mol. The summed E-state index contributed by atoms with van der Waals surface area (Å²) in [4.78, 5) is 37.6. The standard InChI is InChI=1S/C20H24BrF2N5O5S/c1-3-28(4-2)15(30)7-11(29)8-25-20(32)26-19-16(17(24)31)18(27-34-19)33-9-12-13(22)5-10(21)6-14(12)23/h5-6,11,29H,3-4,7-9H2,1-2H3,(H2,24,31)(H2,25,26,32). The quantitative estimate of drug-likeness (QED) is 0.330. The highest BCUT2D eigenvalue weighted by Crippen LogP contribution is 2.31. The molecule has 1 atom stereocenters. The van der Waals surface area contributed by atoms with Crippen LogP contribution in [0.25, 0.3) is 0 Å². The summed E-state index contributed by atoms with van der Waals surface area (Å²) in [5, 5.41) is 14.7. The molecule has 14 heteroatoms. The van der Waals surface area contributed by atoms with E-state index in [-0.39, 0.29) is 45.4 Å². The highest BCUT2D eigenvalue weighted by molar-refractivity contribution is 9.10. The number of rotatable bonds is 11. The van der Waals surface area contributed by atoms with E-state index in [1.165, 1.54) is 0 Å². The molecular formula is C20H24BrF2N5O5S. The molecule has 1 heterocycles. The summed E-state index contributed by atoms with van der Waals surface area (Å²) < 4.78 is 37.4. The van der Waals surface area contributed by atoms with Crippen molar-refractivity contribution in [2.45, 2.75) is 33.0 Å². The number of nitrogens with two attached hydrogens (primary N) is 1. The van der Waals surface area contributed by atoms with Crippen LogP contribution in [0.5, 0.6) is 5.88 Å². The molecule has 0 aliphatic heterocycles. The number of hydrogen-bond acceptors (Lipinski definition) is 7. The van der Waals surface area contributed by atoms with E-state index in [0.717, 1.165) is 12.1 Å². The summed E-state index contributed by atoms with van der Waals surface area (Å²) >= 11 is 3.64. The van der Waals surface area contributed by atoms with Crippen molar-refractivity contribution in [2.24, 2.45) is 5.73 Å². The van der Waals surface area contributed by atoms with Gasteiger partial charge in [-0.2, -0.15) is 4.37 Å². The van der Waals surface area contributed by atoms with Crippen LogP contribution in [0, 0.1) is 11.6 Å². The summed E-state index contributed by atoms with van der Waals surface area (Å²) in [7, 11) is 0. The zero-order valence-corrected chi connectivity index (χ0v) is 20.8. The van der Waals surface area contributed by atoms with Gasteiger partial charge in [-0.3, -0.25) is 14.9 Å². The van der Waals surface area contributed by atoms with Gasteiger partial charge in [0.15, 0.2) is 0 Å². The maximum Gasteiger partial charge on any atom is 0.320 e. The lowest BCUT2D eigenvalue weighted by atomic mass is 10.2. The number of carbonyl (C=O) groups excluding carboxylic acids is 3. The molecule has 1 unspecified atom stereocenters. The van der Waals surface area contributed by atoms with E-state index in [0.29, 0.717) is 24.6 Å². The van der Waals surface area contributed by atoms with Gasteiger partial charge in [-0.1, -0.05) is 15.9 Å². The number of anilines is 1. The van der Waals surface area contributed by atoms with Crippen molar-refractivity contribution in [3.8, 4) is 5.88 Å². The minimum Gasteiger partial charge on any atom is -0.471 e. The molecule has 0 bridgehead atoms. The van der Waals surface area contributed by atoms with Gasteiger partial charge in [0.2, 0.25) is 11.8 Å². The van der Waals surface area contributed by atoms with Crippen molar-refractivity contribution in [1.29, 1.82) is 0 Å². The number of aromatic nitrogens is 1. The van der Waals surface area contributed by atoms with Crippen LogP contribution in [0.2, 0.25) is 0 Å². The molecule has 2 rings (SSSR count). The first-order valence-corrected chi connectivity index (χ1v) is 11.7. The molecule has 0 aliphatic rings. The van der Waals surface area contributed by atoms with Gasteiger partial charge in [-0.25, -0.2) is 13.6 Å². The number of hydrogen-bond donors (Lipinski definition) is 4. The number of nitrogens with one attached hydrogen (secondary N) is 2. The number of benzene rings is 1. The molecule has 0 saturated carbocycles. The number of nitrogens with zero attached hydrogens (tertiary/aromatic N) is 2. The fourth-order valence-corrected chi connectivity index (χ4v) is 4.00. The van der Waals surface area contributed by atoms with Crippen LogP contribution in [0.1, 0.15) is 36.2 Å². The third-order valence-corrected chi connectivity index (χ3v) is 5.82. The SMILES string of the molecule is CCN(CC)C(=O)CC(O)CNC(=O)Nc1snc(OCc2c(F)cc(Br)cc2F)c1C(N)=O. The Morgan fingerprint density at radius 2 is 1.88 bits per heavy atom. The van der Waals surface area contributed by atoms with Crippen LogP contribution in [-0.2, 0) is 11.4 Å². The predicted octanol–water partition coefficient (Wildman–Crippen LogP) is 2.60. The van der Waals surface area contributed by atoms with Gasteiger partial charge in [0.05, 0.1) is 18.1 Å². The summed E-state index contributed by atoms with van der Waals surface area (Å²) in [6, 6.07) is 1.32. The van der Waals surface area contributed by atoms with Gasteiger partial charge in [-0.15, -0.1) is 0 Å². The fourth-order valence-electron chi connectivity index (χ4n) is 2.86. The average molecular weight is 564 g/mol. The van der Waals surface area contributed by atoms with Crippen molar-refractivity contribution in [3.05, 3.63) is 39.4 Å². The Balaban J connectivity index is 1.99. The lowest BCUT2D eigenvalue weighted by Gasteiger charge is -2.20. The van der Waals surface area contributed by atoms with Gasteiger partial charge in [-0.05, 0) is 37.5 Å². The number of aliphatic hydroxyl groups excluding tert-OH is 1. The summed E-state index contributed by atoms with van der Waals surface area (Å²) in [5.41, 5.74) is 4.69. The molecule has 1 aromatic carbocycles. The first kappa shape index (κ1) is 27.4. The number of halogens is 3. The third-order valence-electron chi connectivity index (χ3n) is 4.62. The lowest BCUT2D eigenvalue weighted by Crippen LogP contribution is -2.39. The van der Waals surface area contributed by atoms with E-state index in [1.807, 2.05) is 13.8 Å². The van der Waals surface area contributed by atoms with Crippen LogP contribution in [-0.4, -0.2) is 58.0 Å². The van der Waals surface area contributed by atoms with Gasteiger partial charge in [0.1, 0.15) is 28.8 Å². The van der Waals surface area contributed by atoms with Crippen molar-refractivity contribution in [1.82, 2.24) is 14.6 Å². The number of primary amides is 1. The highest BCUT2D eigenvalue weighted by Gasteiger charge is 2.23. The number of ether oxygens (including phenoxy) is 1. The second-order valence-corrected chi connectivity index (χ2v) is 8.64. The Morgan fingerprint density at radius 3 is 2.44 bits per heavy atom. The number of aliphatic hydroxyl groups is 1. The van der Waals surface area contributed by atoms with Crippen LogP contribution < -0.4 is 21.1 Å². The molecule has 0 fully saturated rings. The highest BCUT2D eigenvalue weighted by atomic mass is 79.9. The van der Waals surface area contributed by atoms with Crippen molar-refractivity contribution >= 4 is 50.3 Å². The minimum atomic E-state index is -1.12. The van der Waals surface area contributed by atoms with Crippen LogP contribution >= 0.6 is 27.5 Å². The van der Waals surface area contributed by atoms with Crippen LogP contribution in [0.3, 0.4) is 0 Å². The van der Waals surface area contributed by atoms with Crippen molar-refractivity contribution in [2.75, 3.05) is 25.0 Å². The number of carbonyl (C=O) groups is 3. The lowest BCUT2D eigenvalue weighted by molar-refractivity contribution is -0.132. The molecule has 2 aromatic rings. The molecule has 1 aromatic heterocycles. The molecule has 0 spiro atoms. The number of urea groups is 1. The average Bonchev–Trinajstić information content (AvgIpc) is 3.15. The fraction of sp³-hybridized carbons (Fsp3) is 0.400. The zero-order valence-electron chi connectivity index (χ0n) is 18.4. The van der Waals surface area contributed by atoms with Crippen molar-refractivity contribution in [3.63, 3.8) is 0 Å². The first-order chi connectivity index (χ1) is 16.1. The van der Waals surface area contributed by atoms with E-state index in [4.69, 9.17) is 10.5 Å². The van der Waals surface area contributed by atoms with Gasteiger partial charge < -0.3 is 25.8 Å². The first-order valence-electron chi connectivity index (χ1n) is 10.1. The molecule has 0 saturated heterocycles. The Hall–Kier alpha value is -2.84. The summed E-state index contributed by atoms with van der Waals surface area (Å²) in [6.07, 6.45) is -1.29. The van der Waals surface area contributed by atoms with Crippen LogP contribution in [0.4, 0.5) is 18.6 Å². The van der Waals surface area contributed by atoms with Crippen molar-refractivity contribution < 1.29 is 33.0 Å². The van der Waals surface area contributed by atoms with E-state index < -0.39 is 36.3 Å². The molecular weight excluding hydrogens is 540 g/mol. The largest absolute Gasteiger partial charge is 0.471 e. The Morgan fingerprint density at radius 1 is 1.26 bits per heavy atom. The maximum absolute atomic E-state index is 14.0. The molecule has 0 radical (unpaired) electrons. The minimum absolute atomic E-state index is 0.0644. The monoisotopic (exact) mass is 563 g/mol. The smallest absolute Gasteiger partial charge is 0.320 e. The van der Waals surface area contributed by atoms with Gasteiger partial charge in [0.25, 0.3) is 5.91 Å². The number of amides is 4. The molecule has 0 aliphatic carbocycles. The molecule has 186 valence electrons. The molecule has 4 amide bonds. The second kappa shape index (κ2) is 12.6. The van der Waals surface area contributed by atoms with E-state index in [9.17, 15) is 28.3 Å². The third kappa shape index (κ3) is 7.33. The maximum atomic E-state index is 14.0. The topological polar surface area (TPSA) is 147 Å². The summed E-state index contributed by atoms with van der Waals surface area (Å²) in [6.45, 7) is 3.83. The second-order valence-electron chi connectivity index (χ2n) is 6.95. The molecule has 10 nitrogen and oxygen atoms in total. The Bertz CT molecular complexity index is 1030. The Labute approximate surface area is 206 Å². The van der Waals surface area contributed by atoms with E-state index >= 15 is 0 Å². The molecule has 34 heavy (non-hydrogen) atoms. The zero-order chi connectivity index (χ0) is 25.4.